The number of aromatic nitrogens is 4. The Kier molecular flexibility index (Phi) is 2.82. The lowest BCUT2D eigenvalue weighted by Crippen LogP contribution is -2.13. The zero-order chi connectivity index (χ0) is 14.3. The fourth-order valence-electron chi connectivity index (χ4n) is 2.56. The summed E-state index contributed by atoms with van der Waals surface area (Å²) in [5.74, 6) is 0. The number of benzene rings is 1. The van der Waals surface area contributed by atoms with Gasteiger partial charge in [0.1, 0.15) is 6.33 Å². The Labute approximate surface area is 118 Å². The van der Waals surface area contributed by atoms with Gasteiger partial charge in [-0.15, -0.1) is 0 Å². The molecular formula is C16H18N4. The van der Waals surface area contributed by atoms with Crippen molar-refractivity contribution in [1.82, 2.24) is 20.2 Å². The molecular weight excluding hydrogens is 248 g/mol. The van der Waals surface area contributed by atoms with Gasteiger partial charge in [0.2, 0.25) is 0 Å². The third-order valence-electron chi connectivity index (χ3n) is 3.50. The highest BCUT2D eigenvalue weighted by molar-refractivity contribution is 5.91. The highest BCUT2D eigenvalue weighted by atomic mass is 15.1. The molecule has 0 spiro atoms. The van der Waals surface area contributed by atoms with Crippen molar-refractivity contribution in [1.29, 1.82) is 0 Å². The van der Waals surface area contributed by atoms with Gasteiger partial charge in [-0.1, -0.05) is 39.0 Å². The number of nitrogens with one attached hydrogen (secondary N) is 1. The quantitative estimate of drug-likeness (QED) is 0.731. The molecule has 20 heavy (non-hydrogen) atoms. The Morgan fingerprint density at radius 3 is 2.50 bits per heavy atom. The predicted molar refractivity (Wildman–Crippen MR) is 80.6 cm³/mol. The molecule has 0 fully saturated rings. The van der Waals surface area contributed by atoms with E-state index in [1.165, 1.54) is 0 Å². The van der Waals surface area contributed by atoms with E-state index in [-0.39, 0.29) is 5.41 Å². The van der Waals surface area contributed by atoms with Gasteiger partial charge in [0, 0.05) is 16.4 Å². The van der Waals surface area contributed by atoms with Gasteiger partial charge in [-0.3, -0.25) is 5.10 Å². The summed E-state index contributed by atoms with van der Waals surface area (Å²) in [5.41, 5.74) is 5.09. The Bertz CT molecular complexity index is 760. The van der Waals surface area contributed by atoms with Crippen molar-refractivity contribution in [3.63, 3.8) is 0 Å². The normalized spacial score (nSPS) is 12.0. The SMILES string of the molecule is Cc1c(C(C)(C)C)n[nH]c1-c1ncnc2ccccc12. The van der Waals surface area contributed by atoms with Crippen LogP contribution in [-0.2, 0) is 5.41 Å². The molecule has 102 valence electrons. The fraction of sp³-hybridized carbons (Fsp3) is 0.312. The number of rotatable bonds is 1. The molecule has 0 unspecified atom stereocenters. The summed E-state index contributed by atoms with van der Waals surface area (Å²) < 4.78 is 0. The second kappa shape index (κ2) is 4.40. The van der Waals surface area contributed by atoms with E-state index in [1.807, 2.05) is 24.3 Å². The zero-order valence-corrected chi connectivity index (χ0v) is 12.2. The van der Waals surface area contributed by atoms with Crippen LogP contribution in [0.1, 0.15) is 32.0 Å². The zero-order valence-electron chi connectivity index (χ0n) is 12.2. The summed E-state index contributed by atoms with van der Waals surface area (Å²) in [6.07, 6.45) is 1.61. The van der Waals surface area contributed by atoms with E-state index in [0.717, 1.165) is 33.5 Å². The average Bonchev–Trinajstić information content (AvgIpc) is 2.80. The van der Waals surface area contributed by atoms with Crippen LogP contribution < -0.4 is 0 Å². The molecule has 0 amide bonds. The molecule has 0 aliphatic carbocycles. The van der Waals surface area contributed by atoms with E-state index in [2.05, 4.69) is 47.9 Å². The summed E-state index contributed by atoms with van der Waals surface area (Å²) >= 11 is 0. The van der Waals surface area contributed by atoms with Crippen LogP contribution >= 0.6 is 0 Å². The summed E-state index contributed by atoms with van der Waals surface area (Å²) in [4.78, 5) is 8.76. The molecule has 0 saturated heterocycles. The number of nitrogens with zero attached hydrogens (tertiary/aromatic N) is 3. The Morgan fingerprint density at radius 2 is 1.80 bits per heavy atom. The highest BCUT2D eigenvalue weighted by Gasteiger charge is 2.23. The second-order valence-electron chi connectivity index (χ2n) is 6.06. The van der Waals surface area contributed by atoms with Crippen molar-refractivity contribution in [3.8, 4) is 11.4 Å². The van der Waals surface area contributed by atoms with E-state index in [4.69, 9.17) is 0 Å². The molecule has 0 bridgehead atoms. The molecule has 2 heterocycles. The topological polar surface area (TPSA) is 54.5 Å². The molecule has 1 N–H and O–H groups in total. The standard InChI is InChI=1S/C16H18N4/c1-10-13(19-20-15(10)16(2,3)4)14-11-7-5-6-8-12(11)17-9-18-14/h5-9H,1-4H3,(H,19,20). The van der Waals surface area contributed by atoms with Gasteiger partial charge < -0.3 is 0 Å². The van der Waals surface area contributed by atoms with Crippen LogP contribution in [0.3, 0.4) is 0 Å². The maximum absolute atomic E-state index is 4.48. The van der Waals surface area contributed by atoms with E-state index in [1.54, 1.807) is 6.33 Å². The average molecular weight is 266 g/mol. The number of hydrogen-bond acceptors (Lipinski definition) is 3. The molecule has 4 nitrogen and oxygen atoms in total. The predicted octanol–water partition coefficient (Wildman–Crippen LogP) is 3.63. The number of H-pyrrole nitrogens is 1. The van der Waals surface area contributed by atoms with Crippen LogP contribution in [-0.4, -0.2) is 20.2 Å². The van der Waals surface area contributed by atoms with Gasteiger partial charge in [0.25, 0.3) is 0 Å². The number of fused-ring (bicyclic) bond motifs is 1. The summed E-state index contributed by atoms with van der Waals surface area (Å²) in [5, 5.41) is 8.68. The van der Waals surface area contributed by atoms with Crippen LogP contribution in [0, 0.1) is 6.92 Å². The van der Waals surface area contributed by atoms with Gasteiger partial charge in [-0.2, -0.15) is 5.10 Å². The van der Waals surface area contributed by atoms with Gasteiger partial charge in [-0.05, 0) is 13.0 Å². The van der Waals surface area contributed by atoms with E-state index < -0.39 is 0 Å². The molecule has 0 aliphatic rings. The van der Waals surface area contributed by atoms with Crippen LogP contribution in [0.4, 0.5) is 0 Å². The lowest BCUT2D eigenvalue weighted by Gasteiger charge is -2.16. The monoisotopic (exact) mass is 266 g/mol. The summed E-state index contributed by atoms with van der Waals surface area (Å²) in [6, 6.07) is 8.03. The molecule has 0 radical (unpaired) electrons. The first-order chi connectivity index (χ1) is 9.48. The molecule has 0 saturated carbocycles. The van der Waals surface area contributed by atoms with Crippen LogP contribution in [0.25, 0.3) is 22.3 Å². The van der Waals surface area contributed by atoms with Crippen molar-refractivity contribution in [2.24, 2.45) is 0 Å². The van der Waals surface area contributed by atoms with E-state index in [9.17, 15) is 0 Å². The molecule has 4 heteroatoms. The van der Waals surface area contributed by atoms with Gasteiger partial charge in [-0.25, -0.2) is 9.97 Å². The highest BCUT2D eigenvalue weighted by Crippen LogP contribution is 2.32. The molecule has 3 aromatic rings. The molecule has 3 rings (SSSR count). The minimum Gasteiger partial charge on any atom is -0.276 e. The minimum atomic E-state index is 0.0155. The van der Waals surface area contributed by atoms with E-state index >= 15 is 0 Å². The first-order valence-corrected chi connectivity index (χ1v) is 6.74. The van der Waals surface area contributed by atoms with E-state index in [0.29, 0.717) is 0 Å². The largest absolute Gasteiger partial charge is 0.276 e. The lowest BCUT2D eigenvalue weighted by atomic mass is 9.89. The maximum Gasteiger partial charge on any atom is 0.116 e. The number of para-hydroxylation sites is 1. The smallest absolute Gasteiger partial charge is 0.116 e. The summed E-state index contributed by atoms with van der Waals surface area (Å²) in [7, 11) is 0. The van der Waals surface area contributed by atoms with Crippen LogP contribution in [0.5, 0.6) is 0 Å². The van der Waals surface area contributed by atoms with Gasteiger partial charge >= 0.3 is 0 Å². The summed E-state index contributed by atoms with van der Waals surface area (Å²) in [6.45, 7) is 8.59. The van der Waals surface area contributed by atoms with Gasteiger partial charge in [0.15, 0.2) is 0 Å². The third-order valence-corrected chi connectivity index (χ3v) is 3.50. The van der Waals surface area contributed by atoms with Crippen molar-refractivity contribution < 1.29 is 0 Å². The minimum absolute atomic E-state index is 0.0155. The fourth-order valence-corrected chi connectivity index (χ4v) is 2.56. The third kappa shape index (κ3) is 1.97. The molecule has 1 aromatic carbocycles. The Hall–Kier alpha value is -2.23. The molecule has 2 aromatic heterocycles. The molecule has 0 aliphatic heterocycles. The van der Waals surface area contributed by atoms with Crippen LogP contribution in [0.2, 0.25) is 0 Å². The Morgan fingerprint density at radius 1 is 1.05 bits per heavy atom. The van der Waals surface area contributed by atoms with Crippen LogP contribution in [0.15, 0.2) is 30.6 Å². The van der Waals surface area contributed by atoms with Crippen molar-refractivity contribution >= 4 is 10.9 Å². The first kappa shape index (κ1) is 12.8. The first-order valence-electron chi connectivity index (χ1n) is 6.74. The van der Waals surface area contributed by atoms with Crippen molar-refractivity contribution in [2.75, 3.05) is 0 Å². The van der Waals surface area contributed by atoms with Gasteiger partial charge in [0.05, 0.1) is 22.6 Å². The maximum atomic E-state index is 4.48. The van der Waals surface area contributed by atoms with Crippen molar-refractivity contribution in [2.45, 2.75) is 33.1 Å². The molecule has 0 atom stereocenters. The second-order valence-corrected chi connectivity index (χ2v) is 6.06. The van der Waals surface area contributed by atoms with Crippen molar-refractivity contribution in [3.05, 3.63) is 41.9 Å². The number of aromatic amines is 1. The Balaban J connectivity index is 2.25. The number of hydrogen-bond donors (Lipinski definition) is 1. The lowest BCUT2D eigenvalue weighted by molar-refractivity contribution is 0.563.